The second-order valence-electron chi connectivity index (χ2n) is 4.06. The molecule has 96 valence electrons. The molecule has 1 aromatic carbocycles. The summed E-state index contributed by atoms with van der Waals surface area (Å²) in [6.45, 7) is 4.28. The minimum Gasteiger partial charge on any atom is -0.312 e. The van der Waals surface area contributed by atoms with Crippen LogP contribution >= 0.6 is 11.8 Å². The van der Waals surface area contributed by atoms with E-state index >= 15 is 0 Å². The molecule has 0 fully saturated rings. The molecule has 0 amide bonds. The summed E-state index contributed by atoms with van der Waals surface area (Å²) in [5.74, 6) is -0.224. The maximum Gasteiger partial charge on any atom is 0.130 e. The predicted molar refractivity (Wildman–Crippen MR) is 70.4 cm³/mol. The van der Waals surface area contributed by atoms with Gasteiger partial charge in [-0.15, -0.1) is 0 Å². The van der Waals surface area contributed by atoms with Crippen molar-refractivity contribution in [1.29, 1.82) is 0 Å². The minimum absolute atomic E-state index is 0.0744. The van der Waals surface area contributed by atoms with Crippen LogP contribution in [0.4, 0.5) is 8.78 Å². The van der Waals surface area contributed by atoms with Gasteiger partial charge in [0.15, 0.2) is 0 Å². The first-order valence-corrected chi connectivity index (χ1v) is 6.87. The van der Waals surface area contributed by atoms with Gasteiger partial charge in [0.1, 0.15) is 11.6 Å². The summed E-state index contributed by atoms with van der Waals surface area (Å²) >= 11 is 1.79. The van der Waals surface area contributed by atoms with Gasteiger partial charge in [-0.25, -0.2) is 8.78 Å². The van der Waals surface area contributed by atoms with Crippen LogP contribution in [0.3, 0.4) is 0 Å². The van der Waals surface area contributed by atoms with Gasteiger partial charge in [-0.1, -0.05) is 19.9 Å². The summed E-state index contributed by atoms with van der Waals surface area (Å²) in [4.78, 5) is 0. The fourth-order valence-corrected chi connectivity index (χ4v) is 2.59. The van der Waals surface area contributed by atoms with Crippen molar-refractivity contribution in [2.24, 2.45) is 0 Å². The van der Waals surface area contributed by atoms with Crippen molar-refractivity contribution >= 4 is 11.8 Å². The number of nitrogens with one attached hydrogen (secondary N) is 1. The molecule has 1 N–H and O–H groups in total. The Labute approximate surface area is 106 Å². The van der Waals surface area contributed by atoms with Gasteiger partial charge in [0.25, 0.3) is 0 Å². The third-order valence-electron chi connectivity index (χ3n) is 2.81. The van der Waals surface area contributed by atoms with Crippen molar-refractivity contribution in [3.05, 3.63) is 35.4 Å². The smallest absolute Gasteiger partial charge is 0.130 e. The van der Waals surface area contributed by atoms with Crippen LogP contribution in [-0.4, -0.2) is 18.1 Å². The molecule has 1 aromatic rings. The van der Waals surface area contributed by atoms with E-state index in [2.05, 4.69) is 19.2 Å². The second-order valence-corrected chi connectivity index (χ2v) is 5.53. The molecule has 0 spiro atoms. The van der Waals surface area contributed by atoms with Crippen molar-refractivity contribution in [3.8, 4) is 0 Å². The summed E-state index contributed by atoms with van der Waals surface area (Å²) < 4.78 is 26.4. The standard InChI is InChI=1S/C13H19F2NS/c1-4-9(2)17-8-13(16-3)11-6-5-10(14)7-12(11)15/h5-7,9,13,16H,4,8H2,1-3H3. The summed E-state index contributed by atoms with van der Waals surface area (Å²) in [7, 11) is 1.80. The molecule has 0 bridgehead atoms. The normalized spacial score (nSPS) is 14.6. The van der Waals surface area contributed by atoms with Gasteiger partial charge in [0.2, 0.25) is 0 Å². The highest BCUT2D eigenvalue weighted by atomic mass is 32.2. The summed E-state index contributed by atoms with van der Waals surface area (Å²) in [5, 5.41) is 3.63. The van der Waals surface area contributed by atoms with Gasteiger partial charge in [-0.05, 0) is 19.5 Å². The van der Waals surface area contributed by atoms with E-state index in [1.807, 2.05) is 0 Å². The predicted octanol–water partition coefficient (Wildman–Crippen LogP) is 3.76. The Morgan fingerprint density at radius 1 is 1.35 bits per heavy atom. The highest BCUT2D eigenvalue weighted by Crippen LogP contribution is 2.24. The zero-order valence-corrected chi connectivity index (χ0v) is 11.3. The maximum atomic E-state index is 13.6. The number of hydrogen-bond donors (Lipinski definition) is 1. The van der Waals surface area contributed by atoms with Crippen LogP contribution in [-0.2, 0) is 0 Å². The molecular formula is C13H19F2NS. The first-order valence-electron chi connectivity index (χ1n) is 5.82. The van der Waals surface area contributed by atoms with E-state index in [9.17, 15) is 8.78 Å². The lowest BCUT2D eigenvalue weighted by Gasteiger charge is -2.19. The van der Waals surface area contributed by atoms with Gasteiger partial charge < -0.3 is 5.32 Å². The van der Waals surface area contributed by atoms with E-state index in [1.54, 1.807) is 18.8 Å². The van der Waals surface area contributed by atoms with E-state index in [1.165, 1.54) is 12.1 Å². The van der Waals surface area contributed by atoms with Crippen LogP contribution in [0.15, 0.2) is 18.2 Å². The van der Waals surface area contributed by atoms with Crippen LogP contribution in [0.25, 0.3) is 0 Å². The molecule has 0 saturated carbocycles. The molecule has 4 heteroatoms. The molecule has 1 rings (SSSR count). The Kier molecular flexibility index (Phi) is 5.92. The van der Waals surface area contributed by atoms with Crippen LogP contribution in [0.5, 0.6) is 0 Å². The fourth-order valence-electron chi connectivity index (χ4n) is 1.49. The van der Waals surface area contributed by atoms with Gasteiger partial charge in [-0.3, -0.25) is 0 Å². The Hall–Kier alpha value is -0.610. The first kappa shape index (κ1) is 14.5. The molecule has 0 saturated heterocycles. The van der Waals surface area contributed by atoms with Crippen molar-refractivity contribution in [2.45, 2.75) is 31.6 Å². The topological polar surface area (TPSA) is 12.0 Å². The molecule has 17 heavy (non-hydrogen) atoms. The van der Waals surface area contributed by atoms with Crippen LogP contribution in [0.1, 0.15) is 31.9 Å². The molecule has 0 aliphatic heterocycles. The Bertz CT molecular complexity index is 357. The molecule has 2 unspecified atom stereocenters. The molecule has 0 radical (unpaired) electrons. The molecule has 1 nitrogen and oxygen atoms in total. The van der Waals surface area contributed by atoms with Gasteiger partial charge >= 0.3 is 0 Å². The van der Waals surface area contributed by atoms with Gasteiger partial charge in [0.05, 0.1) is 0 Å². The number of hydrogen-bond acceptors (Lipinski definition) is 2. The molecule has 0 heterocycles. The lowest BCUT2D eigenvalue weighted by molar-refractivity contribution is 0.544. The van der Waals surface area contributed by atoms with Gasteiger partial charge in [0, 0.05) is 28.7 Å². The molecule has 0 aromatic heterocycles. The molecule has 2 atom stereocenters. The monoisotopic (exact) mass is 259 g/mol. The van der Waals surface area contributed by atoms with E-state index in [0.717, 1.165) is 18.2 Å². The van der Waals surface area contributed by atoms with Crippen molar-refractivity contribution in [1.82, 2.24) is 5.32 Å². The second kappa shape index (κ2) is 6.97. The quantitative estimate of drug-likeness (QED) is 0.835. The Balaban J connectivity index is 2.72. The average molecular weight is 259 g/mol. The van der Waals surface area contributed by atoms with Crippen molar-refractivity contribution in [3.63, 3.8) is 0 Å². The number of halogens is 2. The Morgan fingerprint density at radius 3 is 2.59 bits per heavy atom. The highest BCUT2D eigenvalue weighted by Gasteiger charge is 2.15. The SMILES string of the molecule is CCC(C)SCC(NC)c1ccc(F)cc1F. The largest absolute Gasteiger partial charge is 0.312 e. The minimum atomic E-state index is -0.532. The van der Waals surface area contributed by atoms with E-state index in [0.29, 0.717) is 10.8 Å². The van der Waals surface area contributed by atoms with E-state index in [-0.39, 0.29) is 6.04 Å². The molecular weight excluding hydrogens is 240 g/mol. The fraction of sp³-hybridized carbons (Fsp3) is 0.538. The number of thioether (sulfide) groups is 1. The number of benzene rings is 1. The lowest BCUT2D eigenvalue weighted by Crippen LogP contribution is -2.21. The van der Waals surface area contributed by atoms with Crippen LogP contribution in [0.2, 0.25) is 0 Å². The summed E-state index contributed by atoms with van der Waals surface area (Å²) in [6.07, 6.45) is 1.09. The molecule has 0 aliphatic carbocycles. The Morgan fingerprint density at radius 2 is 2.06 bits per heavy atom. The molecule has 0 aliphatic rings. The van der Waals surface area contributed by atoms with Crippen LogP contribution < -0.4 is 5.32 Å². The van der Waals surface area contributed by atoms with Crippen molar-refractivity contribution in [2.75, 3.05) is 12.8 Å². The number of rotatable bonds is 6. The zero-order valence-electron chi connectivity index (χ0n) is 10.5. The van der Waals surface area contributed by atoms with Gasteiger partial charge in [-0.2, -0.15) is 11.8 Å². The summed E-state index contributed by atoms with van der Waals surface area (Å²) in [5.41, 5.74) is 0.532. The highest BCUT2D eigenvalue weighted by molar-refractivity contribution is 7.99. The zero-order chi connectivity index (χ0) is 12.8. The maximum absolute atomic E-state index is 13.6. The van der Waals surface area contributed by atoms with Crippen LogP contribution in [0, 0.1) is 11.6 Å². The van der Waals surface area contributed by atoms with Crippen molar-refractivity contribution < 1.29 is 8.78 Å². The summed E-state index contributed by atoms with van der Waals surface area (Å²) in [6, 6.07) is 3.68. The third-order valence-corrected chi connectivity index (χ3v) is 4.24. The van der Waals surface area contributed by atoms with E-state index in [4.69, 9.17) is 0 Å². The third kappa shape index (κ3) is 4.28. The average Bonchev–Trinajstić information content (AvgIpc) is 2.31. The van der Waals surface area contributed by atoms with E-state index < -0.39 is 11.6 Å². The lowest BCUT2D eigenvalue weighted by atomic mass is 10.1. The first-order chi connectivity index (χ1) is 8.08.